The van der Waals surface area contributed by atoms with Crippen molar-refractivity contribution in [3.63, 3.8) is 0 Å². The molecule has 1 rings (SSSR count). The van der Waals surface area contributed by atoms with Crippen LogP contribution in [0.25, 0.3) is 0 Å². The van der Waals surface area contributed by atoms with Gasteiger partial charge in [-0.25, -0.2) is 0 Å². The van der Waals surface area contributed by atoms with Crippen molar-refractivity contribution in [2.75, 3.05) is 6.54 Å². The maximum Gasteiger partial charge on any atom is 0.305 e. The molecule has 1 amide bonds. The number of hydrogen-bond acceptors (Lipinski definition) is 2. The lowest BCUT2D eigenvalue weighted by molar-refractivity contribution is -0.136. The van der Waals surface area contributed by atoms with E-state index in [0.717, 1.165) is 11.1 Å². The minimum absolute atomic E-state index is 0.0691. The summed E-state index contributed by atoms with van der Waals surface area (Å²) in [7, 11) is 0. The van der Waals surface area contributed by atoms with Gasteiger partial charge < -0.3 is 10.4 Å². The second-order valence-corrected chi connectivity index (χ2v) is 4.16. The molecule has 5 heteroatoms. The summed E-state index contributed by atoms with van der Waals surface area (Å²) >= 11 is 5.93. The Labute approximate surface area is 105 Å². The standard InChI is InChI=1S/C12H14ClNO3/c1-8-2-3-9(6-10(8)13)7-11(15)14-5-4-12(16)17/h2-3,6H,4-5,7H2,1H3,(H,14,15)(H,16,17). The van der Waals surface area contributed by atoms with Gasteiger partial charge in [-0.2, -0.15) is 0 Å². The molecule has 17 heavy (non-hydrogen) atoms. The van der Waals surface area contributed by atoms with Gasteiger partial charge in [0, 0.05) is 11.6 Å². The molecule has 0 radical (unpaired) electrons. The van der Waals surface area contributed by atoms with Gasteiger partial charge in [-0.3, -0.25) is 9.59 Å². The molecule has 0 atom stereocenters. The summed E-state index contributed by atoms with van der Waals surface area (Å²) in [6.07, 6.45) is 0.139. The zero-order chi connectivity index (χ0) is 12.8. The molecule has 0 spiro atoms. The monoisotopic (exact) mass is 255 g/mol. The number of amides is 1. The molecule has 0 aliphatic carbocycles. The van der Waals surface area contributed by atoms with E-state index in [4.69, 9.17) is 16.7 Å². The van der Waals surface area contributed by atoms with Crippen LogP contribution in [0.4, 0.5) is 0 Å². The Kier molecular flexibility index (Phi) is 4.97. The van der Waals surface area contributed by atoms with Crippen molar-refractivity contribution in [1.29, 1.82) is 0 Å². The number of nitrogens with one attached hydrogen (secondary N) is 1. The highest BCUT2D eigenvalue weighted by atomic mass is 35.5. The molecule has 2 N–H and O–H groups in total. The molecule has 0 unspecified atom stereocenters. The number of hydrogen-bond donors (Lipinski definition) is 2. The number of carboxylic acid groups (broad SMARTS) is 1. The number of aliphatic carboxylic acids is 1. The van der Waals surface area contributed by atoms with Gasteiger partial charge in [0.1, 0.15) is 0 Å². The fourth-order valence-electron chi connectivity index (χ4n) is 1.30. The number of rotatable bonds is 5. The topological polar surface area (TPSA) is 66.4 Å². The summed E-state index contributed by atoms with van der Waals surface area (Å²) in [6, 6.07) is 5.42. The van der Waals surface area contributed by atoms with Crippen molar-refractivity contribution >= 4 is 23.5 Å². The van der Waals surface area contributed by atoms with Gasteiger partial charge >= 0.3 is 5.97 Å². The Morgan fingerprint density at radius 1 is 1.41 bits per heavy atom. The van der Waals surface area contributed by atoms with Crippen LogP contribution in [0.3, 0.4) is 0 Å². The van der Waals surface area contributed by atoms with E-state index in [1.165, 1.54) is 0 Å². The van der Waals surface area contributed by atoms with Crippen molar-refractivity contribution in [2.24, 2.45) is 0 Å². The van der Waals surface area contributed by atoms with Crippen molar-refractivity contribution in [2.45, 2.75) is 19.8 Å². The van der Waals surface area contributed by atoms with Crippen LogP contribution in [0.15, 0.2) is 18.2 Å². The van der Waals surface area contributed by atoms with Crippen molar-refractivity contribution in [1.82, 2.24) is 5.32 Å². The summed E-state index contributed by atoms with van der Waals surface area (Å²) in [5.41, 5.74) is 1.77. The Hall–Kier alpha value is -1.55. The Balaban J connectivity index is 2.45. The molecule has 1 aromatic carbocycles. The lowest BCUT2D eigenvalue weighted by Crippen LogP contribution is -2.27. The van der Waals surface area contributed by atoms with Gasteiger partial charge in [0.15, 0.2) is 0 Å². The number of carbonyl (C=O) groups is 2. The van der Waals surface area contributed by atoms with Crippen LogP contribution in [0, 0.1) is 6.92 Å². The molecular formula is C12H14ClNO3. The SMILES string of the molecule is Cc1ccc(CC(=O)NCCC(=O)O)cc1Cl. The zero-order valence-electron chi connectivity index (χ0n) is 9.50. The Morgan fingerprint density at radius 2 is 2.12 bits per heavy atom. The maximum absolute atomic E-state index is 11.4. The smallest absolute Gasteiger partial charge is 0.305 e. The van der Waals surface area contributed by atoms with Gasteiger partial charge in [-0.05, 0) is 24.1 Å². The third-order valence-electron chi connectivity index (χ3n) is 2.26. The zero-order valence-corrected chi connectivity index (χ0v) is 10.3. The van der Waals surface area contributed by atoms with Gasteiger partial charge in [0.25, 0.3) is 0 Å². The first-order chi connectivity index (χ1) is 7.99. The van der Waals surface area contributed by atoms with E-state index in [-0.39, 0.29) is 25.3 Å². The summed E-state index contributed by atoms with van der Waals surface area (Å²) in [5, 5.41) is 11.6. The van der Waals surface area contributed by atoms with E-state index >= 15 is 0 Å². The van der Waals surface area contributed by atoms with Crippen LogP contribution in [0.1, 0.15) is 17.5 Å². The number of halogens is 1. The number of benzene rings is 1. The van der Waals surface area contributed by atoms with Crippen LogP contribution >= 0.6 is 11.6 Å². The predicted molar refractivity (Wildman–Crippen MR) is 65.2 cm³/mol. The third-order valence-corrected chi connectivity index (χ3v) is 2.67. The lowest BCUT2D eigenvalue weighted by Gasteiger charge is -2.05. The summed E-state index contributed by atoms with van der Waals surface area (Å²) < 4.78 is 0. The highest BCUT2D eigenvalue weighted by molar-refractivity contribution is 6.31. The van der Waals surface area contributed by atoms with Crippen LogP contribution in [0.2, 0.25) is 5.02 Å². The highest BCUT2D eigenvalue weighted by Crippen LogP contribution is 2.16. The van der Waals surface area contributed by atoms with Gasteiger partial charge in [-0.1, -0.05) is 23.7 Å². The number of carboxylic acids is 1. The van der Waals surface area contributed by atoms with E-state index in [1.807, 2.05) is 19.1 Å². The first kappa shape index (κ1) is 13.5. The lowest BCUT2D eigenvalue weighted by atomic mass is 10.1. The second-order valence-electron chi connectivity index (χ2n) is 3.75. The van der Waals surface area contributed by atoms with Crippen LogP contribution in [0.5, 0.6) is 0 Å². The maximum atomic E-state index is 11.4. The fourth-order valence-corrected chi connectivity index (χ4v) is 1.51. The minimum atomic E-state index is -0.927. The van der Waals surface area contributed by atoms with Crippen molar-refractivity contribution in [3.8, 4) is 0 Å². The van der Waals surface area contributed by atoms with E-state index < -0.39 is 5.97 Å². The first-order valence-electron chi connectivity index (χ1n) is 5.22. The minimum Gasteiger partial charge on any atom is -0.481 e. The summed E-state index contributed by atoms with van der Waals surface area (Å²) in [5.74, 6) is -1.13. The molecule has 0 aromatic heterocycles. The molecule has 0 aliphatic heterocycles. The first-order valence-corrected chi connectivity index (χ1v) is 5.60. The molecule has 0 heterocycles. The molecular weight excluding hydrogens is 242 g/mol. The van der Waals surface area contributed by atoms with Gasteiger partial charge in [0.2, 0.25) is 5.91 Å². The van der Waals surface area contributed by atoms with Crippen molar-refractivity contribution in [3.05, 3.63) is 34.3 Å². The molecule has 0 aliphatic rings. The fraction of sp³-hybridized carbons (Fsp3) is 0.333. The van der Waals surface area contributed by atoms with Gasteiger partial charge in [0.05, 0.1) is 12.8 Å². The molecule has 0 fully saturated rings. The van der Waals surface area contributed by atoms with Crippen LogP contribution < -0.4 is 5.32 Å². The molecule has 92 valence electrons. The van der Waals surface area contributed by atoms with Crippen LogP contribution in [-0.2, 0) is 16.0 Å². The molecule has 0 saturated heterocycles. The average Bonchev–Trinajstić information content (AvgIpc) is 2.23. The number of aryl methyl sites for hydroxylation is 1. The highest BCUT2D eigenvalue weighted by Gasteiger charge is 2.05. The molecule has 4 nitrogen and oxygen atoms in total. The van der Waals surface area contributed by atoms with Gasteiger partial charge in [-0.15, -0.1) is 0 Å². The normalized spacial score (nSPS) is 10.0. The van der Waals surface area contributed by atoms with E-state index in [9.17, 15) is 9.59 Å². The molecule has 0 saturated carbocycles. The average molecular weight is 256 g/mol. The number of carbonyl (C=O) groups excluding carboxylic acids is 1. The quantitative estimate of drug-likeness (QED) is 0.843. The molecule has 1 aromatic rings. The predicted octanol–water partition coefficient (Wildman–Crippen LogP) is 1.78. The molecule has 0 bridgehead atoms. The third kappa shape index (κ3) is 4.87. The van der Waals surface area contributed by atoms with E-state index in [1.54, 1.807) is 6.07 Å². The van der Waals surface area contributed by atoms with E-state index in [0.29, 0.717) is 5.02 Å². The Morgan fingerprint density at radius 3 is 2.71 bits per heavy atom. The summed E-state index contributed by atoms with van der Waals surface area (Å²) in [4.78, 5) is 21.7. The summed E-state index contributed by atoms with van der Waals surface area (Å²) in [6.45, 7) is 2.03. The Bertz CT molecular complexity index is 432. The van der Waals surface area contributed by atoms with Crippen molar-refractivity contribution < 1.29 is 14.7 Å². The second kappa shape index (κ2) is 6.25. The van der Waals surface area contributed by atoms with E-state index in [2.05, 4.69) is 5.32 Å². The van der Waals surface area contributed by atoms with Crippen LogP contribution in [-0.4, -0.2) is 23.5 Å². The largest absolute Gasteiger partial charge is 0.481 e.